The van der Waals surface area contributed by atoms with Crippen molar-refractivity contribution in [2.45, 2.75) is 51.6 Å². The molecule has 4 heteroatoms. The Balaban J connectivity index is 2.05. The summed E-state index contributed by atoms with van der Waals surface area (Å²) in [6, 6.07) is 8.02. The molecule has 1 N–H and O–H groups in total. The molecule has 1 saturated heterocycles. The third-order valence-electron chi connectivity index (χ3n) is 3.67. The molecule has 0 bridgehead atoms. The molecule has 1 unspecified atom stereocenters. The van der Waals surface area contributed by atoms with E-state index in [0.717, 1.165) is 37.2 Å². The Labute approximate surface area is 127 Å². The molecule has 1 aliphatic rings. The Bertz CT molecular complexity index is 413. The van der Waals surface area contributed by atoms with E-state index in [1.807, 2.05) is 38.1 Å². The number of hydrogen-bond acceptors (Lipinski definition) is 4. The fourth-order valence-corrected chi connectivity index (χ4v) is 2.50. The predicted octanol–water partition coefficient (Wildman–Crippen LogP) is 2.84. The number of aliphatic hydroxyl groups excluding tert-OH is 1. The number of ether oxygens (including phenoxy) is 3. The zero-order chi connectivity index (χ0) is 15.1. The second kappa shape index (κ2) is 8.49. The summed E-state index contributed by atoms with van der Waals surface area (Å²) in [6.07, 6.45) is 1.83. The van der Waals surface area contributed by atoms with Gasteiger partial charge in [0.15, 0.2) is 0 Å². The molecule has 1 atom stereocenters. The van der Waals surface area contributed by atoms with E-state index in [1.165, 1.54) is 0 Å². The van der Waals surface area contributed by atoms with Gasteiger partial charge in [0.05, 0.1) is 25.4 Å². The van der Waals surface area contributed by atoms with E-state index in [1.54, 1.807) is 0 Å². The summed E-state index contributed by atoms with van der Waals surface area (Å²) in [7, 11) is 0. The van der Waals surface area contributed by atoms with Gasteiger partial charge in [-0.3, -0.25) is 0 Å². The second-order valence-corrected chi connectivity index (χ2v) is 5.68. The first kappa shape index (κ1) is 16.4. The molecule has 0 radical (unpaired) electrons. The topological polar surface area (TPSA) is 47.9 Å². The van der Waals surface area contributed by atoms with Crippen LogP contribution in [0.3, 0.4) is 0 Å². The van der Waals surface area contributed by atoms with Crippen molar-refractivity contribution < 1.29 is 19.3 Å². The summed E-state index contributed by atoms with van der Waals surface area (Å²) >= 11 is 0. The Hall–Kier alpha value is -0.940. The summed E-state index contributed by atoms with van der Waals surface area (Å²) in [5, 5.41) is 9.71. The Morgan fingerprint density at radius 2 is 1.95 bits per heavy atom. The van der Waals surface area contributed by atoms with Crippen molar-refractivity contribution in [3.05, 3.63) is 35.4 Å². The van der Waals surface area contributed by atoms with Crippen LogP contribution in [0.1, 0.15) is 43.9 Å². The summed E-state index contributed by atoms with van der Waals surface area (Å²) in [5.41, 5.74) is 2.10. The van der Waals surface area contributed by atoms with Crippen LogP contribution in [0.4, 0.5) is 0 Å². The highest BCUT2D eigenvalue weighted by atomic mass is 16.5. The zero-order valence-electron chi connectivity index (χ0n) is 13.0. The van der Waals surface area contributed by atoms with Gasteiger partial charge in [0.1, 0.15) is 6.10 Å². The maximum absolute atomic E-state index is 9.71. The highest BCUT2D eigenvalue weighted by Crippen LogP contribution is 2.26. The molecule has 0 aromatic heterocycles. The molecule has 0 aliphatic carbocycles. The van der Waals surface area contributed by atoms with Crippen LogP contribution < -0.4 is 0 Å². The number of aliphatic hydroxyl groups is 1. The molecule has 1 aromatic rings. The molecule has 0 saturated carbocycles. The minimum Gasteiger partial charge on any atom is -0.393 e. The largest absolute Gasteiger partial charge is 0.393 e. The lowest BCUT2D eigenvalue weighted by atomic mass is 10.0. The van der Waals surface area contributed by atoms with Gasteiger partial charge in [-0.1, -0.05) is 24.3 Å². The molecule has 0 amide bonds. The Morgan fingerprint density at radius 3 is 2.62 bits per heavy atom. The van der Waals surface area contributed by atoms with Crippen LogP contribution in [0.5, 0.6) is 0 Å². The van der Waals surface area contributed by atoms with Crippen LogP contribution in [-0.4, -0.2) is 37.1 Å². The third-order valence-corrected chi connectivity index (χ3v) is 3.67. The lowest BCUT2D eigenvalue weighted by Crippen LogP contribution is -2.27. The van der Waals surface area contributed by atoms with Gasteiger partial charge >= 0.3 is 0 Å². The van der Waals surface area contributed by atoms with E-state index < -0.39 is 0 Å². The smallest absolute Gasteiger partial charge is 0.106 e. The summed E-state index contributed by atoms with van der Waals surface area (Å²) in [4.78, 5) is 0. The van der Waals surface area contributed by atoms with Gasteiger partial charge in [0.25, 0.3) is 0 Å². The van der Waals surface area contributed by atoms with Crippen LogP contribution in [0.25, 0.3) is 0 Å². The van der Waals surface area contributed by atoms with Crippen LogP contribution in [-0.2, 0) is 20.8 Å². The lowest BCUT2D eigenvalue weighted by Gasteiger charge is -2.28. The van der Waals surface area contributed by atoms with Gasteiger partial charge in [-0.05, 0) is 37.8 Å². The van der Waals surface area contributed by atoms with Crippen molar-refractivity contribution in [3.8, 4) is 0 Å². The van der Waals surface area contributed by atoms with Crippen molar-refractivity contribution in [3.63, 3.8) is 0 Å². The third kappa shape index (κ3) is 5.08. The minimum atomic E-state index is -0.292. The normalized spacial score (nSPS) is 18.1. The average Bonchev–Trinajstić information content (AvgIpc) is 2.52. The first-order valence-corrected chi connectivity index (χ1v) is 7.74. The van der Waals surface area contributed by atoms with E-state index >= 15 is 0 Å². The molecular formula is C17H26O4. The van der Waals surface area contributed by atoms with Gasteiger partial charge in [-0.15, -0.1) is 0 Å². The molecule has 1 fully saturated rings. The first-order chi connectivity index (χ1) is 10.2. The van der Waals surface area contributed by atoms with E-state index in [0.29, 0.717) is 6.61 Å². The van der Waals surface area contributed by atoms with Crippen molar-refractivity contribution in [2.24, 2.45) is 0 Å². The summed E-state index contributed by atoms with van der Waals surface area (Å²) in [5.74, 6) is 0. The van der Waals surface area contributed by atoms with Crippen LogP contribution in [0.15, 0.2) is 24.3 Å². The second-order valence-electron chi connectivity index (χ2n) is 5.68. The van der Waals surface area contributed by atoms with E-state index in [9.17, 15) is 5.11 Å². The average molecular weight is 294 g/mol. The summed E-state index contributed by atoms with van der Waals surface area (Å²) < 4.78 is 17.1. The molecule has 21 heavy (non-hydrogen) atoms. The van der Waals surface area contributed by atoms with E-state index in [2.05, 4.69) is 0 Å². The fourth-order valence-electron chi connectivity index (χ4n) is 2.50. The maximum Gasteiger partial charge on any atom is 0.106 e. The maximum atomic E-state index is 9.71. The number of rotatable bonds is 7. The van der Waals surface area contributed by atoms with Crippen LogP contribution >= 0.6 is 0 Å². The monoisotopic (exact) mass is 294 g/mol. The van der Waals surface area contributed by atoms with E-state index in [-0.39, 0.29) is 24.9 Å². The molecule has 1 aromatic carbocycles. The lowest BCUT2D eigenvalue weighted by molar-refractivity contribution is -0.0855. The van der Waals surface area contributed by atoms with Crippen molar-refractivity contribution in [1.82, 2.24) is 0 Å². The highest BCUT2D eigenvalue weighted by Gasteiger charge is 2.22. The van der Waals surface area contributed by atoms with Gasteiger partial charge in [0, 0.05) is 13.2 Å². The van der Waals surface area contributed by atoms with E-state index in [4.69, 9.17) is 14.2 Å². The van der Waals surface area contributed by atoms with Crippen LogP contribution in [0.2, 0.25) is 0 Å². The number of benzene rings is 1. The van der Waals surface area contributed by atoms with Gasteiger partial charge in [-0.25, -0.2) is 0 Å². The van der Waals surface area contributed by atoms with Gasteiger partial charge in [0.2, 0.25) is 0 Å². The molecule has 118 valence electrons. The quantitative estimate of drug-likeness (QED) is 0.840. The van der Waals surface area contributed by atoms with Crippen molar-refractivity contribution in [1.29, 1.82) is 0 Å². The molecule has 2 rings (SSSR count). The Kier molecular flexibility index (Phi) is 6.64. The fraction of sp³-hybridized carbons (Fsp3) is 0.647. The van der Waals surface area contributed by atoms with Gasteiger partial charge in [-0.2, -0.15) is 0 Å². The molecule has 1 aliphatic heterocycles. The minimum absolute atomic E-state index is 0.0178. The van der Waals surface area contributed by atoms with Crippen molar-refractivity contribution in [2.75, 3.05) is 19.8 Å². The highest BCUT2D eigenvalue weighted by molar-refractivity contribution is 5.29. The van der Waals surface area contributed by atoms with Crippen LogP contribution in [0, 0.1) is 0 Å². The zero-order valence-corrected chi connectivity index (χ0v) is 13.0. The standard InChI is InChI=1S/C17H26O4/c1-13(2)20-12-14-5-3-4-6-16(14)17(11-18)21-15-7-9-19-10-8-15/h3-6,13,15,17-18H,7-12H2,1-2H3. The molecule has 0 spiro atoms. The van der Waals surface area contributed by atoms with Crippen molar-refractivity contribution >= 4 is 0 Å². The Morgan fingerprint density at radius 1 is 1.24 bits per heavy atom. The molecular weight excluding hydrogens is 268 g/mol. The molecule has 4 nitrogen and oxygen atoms in total. The van der Waals surface area contributed by atoms with Gasteiger partial charge < -0.3 is 19.3 Å². The first-order valence-electron chi connectivity index (χ1n) is 7.74. The number of hydrogen-bond donors (Lipinski definition) is 1. The SMILES string of the molecule is CC(C)OCc1ccccc1C(CO)OC1CCOCC1. The predicted molar refractivity (Wildman–Crippen MR) is 81.1 cm³/mol. The summed E-state index contributed by atoms with van der Waals surface area (Å²) in [6.45, 7) is 6.04. The molecule has 1 heterocycles.